The van der Waals surface area contributed by atoms with Crippen LogP contribution in [-0.4, -0.2) is 9.97 Å². The highest BCUT2D eigenvalue weighted by molar-refractivity contribution is 7.71. The number of aromatic nitrogens is 2. The van der Waals surface area contributed by atoms with Crippen LogP contribution < -0.4 is 11.3 Å². The summed E-state index contributed by atoms with van der Waals surface area (Å²) in [5.74, 6) is 0.291. The van der Waals surface area contributed by atoms with E-state index in [1.165, 1.54) is 0 Å². The maximum Gasteiger partial charge on any atom is 0.261 e. The standard InChI is InChI=1S/C11H11N3OS/c1-6-3-2-4-7(5-6)8-9(12)13-11(16)14-10(8)15/h2-5H,1H3,(H4,12,13,14,15,16). The summed E-state index contributed by atoms with van der Waals surface area (Å²) in [6.45, 7) is 1.96. The molecular weight excluding hydrogens is 222 g/mol. The van der Waals surface area contributed by atoms with Crippen molar-refractivity contribution in [1.82, 2.24) is 9.97 Å². The summed E-state index contributed by atoms with van der Waals surface area (Å²) in [6, 6.07) is 7.58. The van der Waals surface area contributed by atoms with E-state index in [1.54, 1.807) is 0 Å². The topological polar surface area (TPSA) is 74.7 Å². The van der Waals surface area contributed by atoms with Gasteiger partial charge in [0, 0.05) is 0 Å². The molecular formula is C11H11N3OS. The van der Waals surface area contributed by atoms with Crippen molar-refractivity contribution in [3.05, 3.63) is 45.0 Å². The zero-order chi connectivity index (χ0) is 11.7. The van der Waals surface area contributed by atoms with Crippen molar-refractivity contribution in [3.63, 3.8) is 0 Å². The molecule has 0 aliphatic carbocycles. The van der Waals surface area contributed by atoms with Crippen LogP contribution in [0.1, 0.15) is 5.56 Å². The fourth-order valence-corrected chi connectivity index (χ4v) is 1.79. The molecule has 0 bridgehead atoms. The van der Waals surface area contributed by atoms with Crippen LogP contribution >= 0.6 is 12.2 Å². The second-order valence-corrected chi connectivity index (χ2v) is 3.97. The van der Waals surface area contributed by atoms with E-state index in [-0.39, 0.29) is 10.3 Å². The monoisotopic (exact) mass is 233 g/mol. The minimum atomic E-state index is -0.271. The van der Waals surface area contributed by atoms with Crippen LogP contribution in [0.4, 0.5) is 5.82 Å². The highest BCUT2D eigenvalue weighted by Crippen LogP contribution is 2.20. The molecule has 0 aliphatic rings. The smallest absolute Gasteiger partial charge is 0.261 e. The van der Waals surface area contributed by atoms with E-state index in [2.05, 4.69) is 9.97 Å². The Hall–Kier alpha value is -1.88. The average Bonchev–Trinajstić information content (AvgIpc) is 2.15. The molecule has 0 saturated heterocycles. The Morgan fingerprint density at radius 2 is 2.06 bits per heavy atom. The van der Waals surface area contributed by atoms with Gasteiger partial charge in [0.2, 0.25) is 0 Å². The summed E-state index contributed by atoms with van der Waals surface area (Å²) in [4.78, 5) is 17.0. The van der Waals surface area contributed by atoms with E-state index in [4.69, 9.17) is 18.0 Å². The molecule has 0 atom stereocenters. The van der Waals surface area contributed by atoms with Gasteiger partial charge in [0.25, 0.3) is 5.56 Å². The summed E-state index contributed by atoms with van der Waals surface area (Å²) in [5.41, 5.74) is 7.77. The Labute approximate surface area is 97.2 Å². The average molecular weight is 233 g/mol. The molecule has 0 unspecified atom stereocenters. The second-order valence-electron chi connectivity index (χ2n) is 3.57. The first-order chi connectivity index (χ1) is 7.58. The first-order valence-corrected chi connectivity index (χ1v) is 5.18. The molecule has 0 spiro atoms. The highest BCUT2D eigenvalue weighted by Gasteiger charge is 2.08. The van der Waals surface area contributed by atoms with Crippen molar-refractivity contribution in [2.24, 2.45) is 0 Å². The van der Waals surface area contributed by atoms with E-state index in [1.807, 2.05) is 31.2 Å². The molecule has 4 nitrogen and oxygen atoms in total. The van der Waals surface area contributed by atoms with Gasteiger partial charge < -0.3 is 10.7 Å². The van der Waals surface area contributed by atoms with Crippen molar-refractivity contribution >= 4 is 18.0 Å². The van der Waals surface area contributed by atoms with Crippen LogP contribution in [0, 0.1) is 11.7 Å². The van der Waals surface area contributed by atoms with Gasteiger partial charge in [-0.05, 0) is 24.7 Å². The number of rotatable bonds is 1. The van der Waals surface area contributed by atoms with Crippen molar-refractivity contribution in [3.8, 4) is 11.1 Å². The molecule has 0 aliphatic heterocycles. The van der Waals surface area contributed by atoms with Gasteiger partial charge in [0.05, 0.1) is 5.56 Å². The number of nitrogens with one attached hydrogen (secondary N) is 2. The molecule has 0 fully saturated rings. The lowest BCUT2D eigenvalue weighted by Gasteiger charge is -2.05. The van der Waals surface area contributed by atoms with Crippen LogP contribution in [-0.2, 0) is 0 Å². The van der Waals surface area contributed by atoms with Gasteiger partial charge in [-0.2, -0.15) is 0 Å². The Bertz CT molecular complexity index is 642. The lowest BCUT2D eigenvalue weighted by Crippen LogP contribution is -2.13. The van der Waals surface area contributed by atoms with Crippen molar-refractivity contribution in [2.75, 3.05) is 5.73 Å². The maximum atomic E-state index is 11.8. The van der Waals surface area contributed by atoms with Gasteiger partial charge >= 0.3 is 0 Å². The molecule has 5 heteroatoms. The number of benzene rings is 1. The van der Waals surface area contributed by atoms with E-state index in [0.717, 1.165) is 11.1 Å². The first-order valence-electron chi connectivity index (χ1n) is 4.77. The molecule has 82 valence electrons. The van der Waals surface area contributed by atoms with E-state index < -0.39 is 0 Å². The molecule has 0 amide bonds. The number of hydrogen-bond acceptors (Lipinski definition) is 3. The van der Waals surface area contributed by atoms with Crippen molar-refractivity contribution in [1.29, 1.82) is 0 Å². The second kappa shape index (κ2) is 3.94. The number of anilines is 1. The third kappa shape index (κ3) is 1.90. The summed E-state index contributed by atoms with van der Waals surface area (Å²) in [6.07, 6.45) is 0. The normalized spacial score (nSPS) is 10.3. The van der Waals surface area contributed by atoms with Crippen LogP contribution in [0.3, 0.4) is 0 Å². The number of nitrogens with two attached hydrogens (primary N) is 1. The van der Waals surface area contributed by atoms with Gasteiger partial charge in [-0.1, -0.05) is 29.8 Å². The maximum absolute atomic E-state index is 11.8. The lowest BCUT2D eigenvalue weighted by atomic mass is 10.1. The van der Waals surface area contributed by atoms with Gasteiger partial charge in [0.1, 0.15) is 5.82 Å². The number of hydrogen-bond donors (Lipinski definition) is 3. The number of nitrogen functional groups attached to an aromatic ring is 1. The molecule has 4 N–H and O–H groups in total. The Morgan fingerprint density at radius 1 is 1.31 bits per heavy atom. The molecule has 1 heterocycles. The first kappa shape index (κ1) is 10.6. The Kier molecular flexibility index (Phi) is 2.62. The van der Waals surface area contributed by atoms with Crippen LogP contribution in [0.15, 0.2) is 29.1 Å². The summed E-state index contributed by atoms with van der Waals surface area (Å²) >= 11 is 4.83. The van der Waals surface area contributed by atoms with E-state index in [0.29, 0.717) is 11.4 Å². The molecule has 2 rings (SSSR count). The molecule has 2 aromatic rings. The van der Waals surface area contributed by atoms with Crippen molar-refractivity contribution < 1.29 is 0 Å². The summed E-state index contributed by atoms with van der Waals surface area (Å²) in [7, 11) is 0. The minimum absolute atomic E-state index is 0.235. The molecule has 1 aromatic carbocycles. The minimum Gasteiger partial charge on any atom is -0.385 e. The van der Waals surface area contributed by atoms with Gasteiger partial charge in [-0.15, -0.1) is 0 Å². The van der Waals surface area contributed by atoms with Crippen LogP contribution in [0.25, 0.3) is 11.1 Å². The summed E-state index contributed by atoms with van der Waals surface area (Å²) < 4.78 is 0.235. The van der Waals surface area contributed by atoms with Gasteiger partial charge in [-0.25, -0.2) is 0 Å². The largest absolute Gasteiger partial charge is 0.385 e. The molecule has 0 radical (unpaired) electrons. The Balaban J connectivity index is 2.74. The van der Waals surface area contributed by atoms with Crippen LogP contribution in [0.2, 0.25) is 0 Å². The number of H-pyrrole nitrogens is 2. The van der Waals surface area contributed by atoms with E-state index in [9.17, 15) is 4.79 Å². The highest BCUT2D eigenvalue weighted by atomic mass is 32.1. The predicted octanol–water partition coefficient (Wildman–Crippen LogP) is 1.99. The van der Waals surface area contributed by atoms with Crippen LogP contribution in [0.5, 0.6) is 0 Å². The zero-order valence-corrected chi connectivity index (χ0v) is 9.52. The van der Waals surface area contributed by atoms with E-state index >= 15 is 0 Å². The van der Waals surface area contributed by atoms with Gasteiger partial charge in [0.15, 0.2) is 4.77 Å². The Morgan fingerprint density at radius 3 is 2.69 bits per heavy atom. The quantitative estimate of drug-likeness (QED) is 0.659. The molecule has 1 aromatic heterocycles. The number of aromatic amines is 2. The zero-order valence-electron chi connectivity index (χ0n) is 8.70. The SMILES string of the molecule is Cc1cccc(-c2c(N)[nH]c(=S)[nH]c2=O)c1. The fraction of sp³-hybridized carbons (Fsp3) is 0.0909. The van der Waals surface area contributed by atoms with Gasteiger partial charge in [-0.3, -0.25) is 9.78 Å². The fourth-order valence-electron chi connectivity index (χ4n) is 1.59. The molecule has 0 saturated carbocycles. The summed E-state index contributed by atoms with van der Waals surface area (Å²) in [5, 5.41) is 0. The third-order valence-corrected chi connectivity index (χ3v) is 2.48. The third-order valence-electron chi connectivity index (χ3n) is 2.28. The molecule has 16 heavy (non-hydrogen) atoms. The predicted molar refractivity (Wildman–Crippen MR) is 66.8 cm³/mol. The van der Waals surface area contributed by atoms with Crippen molar-refractivity contribution in [2.45, 2.75) is 6.92 Å². The number of aryl methyl sites for hydroxylation is 1. The lowest BCUT2D eigenvalue weighted by molar-refractivity contribution is 1.10.